The van der Waals surface area contributed by atoms with Crippen LogP contribution in [0.1, 0.15) is 112 Å². The number of allylic oxidation sites excluding steroid dienone is 1. The highest BCUT2D eigenvalue weighted by molar-refractivity contribution is 5.22. The first-order valence-electron chi connectivity index (χ1n) is 13.7. The van der Waals surface area contributed by atoms with Crippen LogP contribution in [0, 0.1) is 63.1 Å². The lowest BCUT2D eigenvalue weighted by molar-refractivity contribution is -0.242. The Morgan fingerprint density at radius 3 is 2.16 bits per heavy atom. The molecule has 5 rings (SSSR count). The molecule has 0 heterocycles. The maximum absolute atomic E-state index is 10.8. The summed E-state index contributed by atoms with van der Waals surface area (Å²) in [6.45, 7) is 18.0. The van der Waals surface area contributed by atoms with E-state index in [4.69, 9.17) is 6.42 Å². The average molecular weight is 439 g/mol. The highest BCUT2D eigenvalue weighted by Crippen LogP contribution is 2.76. The van der Waals surface area contributed by atoms with E-state index in [-0.39, 0.29) is 16.9 Å². The van der Waals surface area contributed by atoms with Gasteiger partial charge in [0.25, 0.3) is 0 Å². The summed E-state index contributed by atoms with van der Waals surface area (Å²) in [6.07, 6.45) is 22.1. The Labute approximate surface area is 199 Å². The maximum Gasteiger partial charge on any atom is 0.0594 e. The number of aliphatic hydroxyl groups is 1. The minimum atomic E-state index is -0.124. The first kappa shape index (κ1) is 24.4. The highest BCUT2D eigenvalue weighted by Gasteiger charge is 2.69. The molecule has 32 heavy (non-hydrogen) atoms. The molecule has 5 fully saturated rings. The molecule has 0 radical (unpaired) electrons. The van der Waals surface area contributed by atoms with E-state index in [9.17, 15) is 5.11 Å². The van der Waals surface area contributed by atoms with Gasteiger partial charge in [-0.25, -0.2) is 0 Å². The van der Waals surface area contributed by atoms with Crippen LogP contribution in [0.4, 0.5) is 0 Å². The van der Waals surface area contributed by atoms with Gasteiger partial charge < -0.3 is 5.11 Å². The van der Waals surface area contributed by atoms with Crippen LogP contribution < -0.4 is 0 Å². The van der Waals surface area contributed by atoms with E-state index in [2.05, 4.69) is 47.1 Å². The van der Waals surface area contributed by atoms with Gasteiger partial charge in [-0.3, -0.25) is 0 Å². The first-order chi connectivity index (χ1) is 15.0. The summed E-state index contributed by atoms with van der Waals surface area (Å²) in [4.78, 5) is 0. The zero-order valence-corrected chi connectivity index (χ0v) is 22.0. The van der Waals surface area contributed by atoms with Crippen molar-refractivity contribution in [2.75, 3.05) is 0 Å². The molecule has 0 spiro atoms. The quantitative estimate of drug-likeness (QED) is 0.300. The van der Waals surface area contributed by atoms with Crippen molar-refractivity contribution in [2.24, 2.45) is 50.7 Å². The van der Waals surface area contributed by atoms with Gasteiger partial charge >= 0.3 is 0 Å². The molecule has 0 bridgehead atoms. The van der Waals surface area contributed by atoms with Gasteiger partial charge in [0.15, 0.2) is 0 Å². The van der Waals surface area contributed by atoms with Crippen LogP contribution in [0.5, 0.6) is 0 Å². The lowest BCUT2D eigenvalue weighted by Gasteiger charge is -2.72. The third-order valence-electron chi connectivity index (χ3n) is 12.6. The first-order valence-corrected chi connectivity index (χ1v) is 13.7. The molecule has 5 aliphatic carbocycles. The number of hydrogen-bond donors (Lipinski definition) is 1. The van der Waals surface area contributed by atoms with Gasteiger partial charge in [-0.1, -0.05) is 53.0 Å². The third-order valence-corrected chi connectivity index (χ3v) is 12.6. The minimum absolute atomic E-state index is 0.0583. The maximum atomic E-state index is 10.8. The van der Waals surface area contributed by atoms with Crippen LogP contribution in [-0.4, -0.2) is 11.2 Å². The normalized spacial score (nSPS) is 53.2. The summed E-state index contributed by atoms with van der Waals surface area (Å²) in [5.41, 5.74) is 1.55. The van der Waals surface area contributed by atoms with E-state index >= 15 is 0 Å². The summed E-state index contributed by atoms with van der Waals surface area (Å²) in [5.74, 6) is 6.43. The van der Waals surface area contributed by atoms with E-state index in [1.54, 1.807) is 6.08 Å². The smallest absolute Gasteiger partial charge is 0.0594 e. The van der Waals surface area contributed by atoms with Gasteiger partial charge in [-0.05, 0) is 116 Å². The second-order valence-corrected chi connectivity index (χ2v) is 13.8. The Kier molecular flexibility index (Phi) is 6.02. The molecule has 1 N–H and O–H groups in total. The molecule has 0 saturated heterocycles. The van der Waals surface area contributed by atoms with Crippen molar-refractivity contribution >= 4 is 0 Å². The number of rotatable bonds is 0. The van der Waals surface area contributed by atoms with Crippen LogP contribution in [-0.2, 0) is 0 Å². The van der Waals surface area contributed by atoms with Crippen LogP contribution in [0.3, 0.4) is 0 Å². The minimum Gasteiger partial charge on any atom is -0.393 e. The second kappa shape index (κ2) is 7.90. The summed E-state index contributed by atoms with van der Waals surface area (Å²) in [6, 6.07) is 0. The summed E-state index contributed by atoms with van der Waals surface area (Å²) >= 11 is 0. The Bertz CT molecular complexity index is 774. The van der Waals surface area contributed by atoms with Crippen molar-refractivity contribution in [3.63, 3.8) is 0 Å². The van der Waals surface area contributed by atoms with Crippen LogP contribution in [0.25, 0.3) is 0 Å². The molecule has 0 aromatic heterocycles. The highest BCUT2D eigenvalue weighted by atomic mass is 16.3. The summed E-state index contributed by atoms with van der Waals surface area (Å²) < 4.78 is 0. The van der Waals surface area contributed by atoms with E-state index in [0.29, 0.717) is 22.2 Å². The fourth-order valence-corrected chi connectivity index (χ4v) is 10.8. The fraction of sp³-hybridized carbons (Fsp3) is 0.871. The molecule has 0 amide bonds. The SMILES string of the molecule is C#CC12CCCC1C1CCC3C4(C)CCC(O)C(C)(C)C4CCC3(C)[C@]1(C)CC2.C=CC. The van der Waals surface area contributed by atoms with Crippen molar-refractivity contribution in [3.05, 3.63) is 12.7 Å². The van der Waals surface area contributed by atoms with E-state index < -0.39 is 0 Å². The lowest BCUT2D eigenvalue weighted by Crippen LogP contribution is -2.66. The van der Waals surface area contributed by atoms with Crippen LogP contribution in [0.2, 0.25) is 0 Å². The lowest BCUT2D eigenvalue weighted by atomic mass is 9.32. The number of aliphatic hydroxyl groups excluding tert-OH is 1. The van der Waals surface area contributed by atoms with Gasteiger partial charge in [0.05, 0.1) is 6.10 Å². The van der Waals surface area contributed by atoms with Crippen LogP contribution >= 0.6 is 0 Å². The van der Waals surface area contributed by atoms with Crippen molar-refractivity contribution < 1.29 is 5.11 Å². The van der Waals surface area contributed by atoms with E-state index in [0.717, 1.165) is 24.2 Å². The predicted octanol–water partition coefficient (Wildman–Crippen LogP) is 8.03. The predicted molar refractivity (Wildman–Crippen MR) is 136 cm³/mol. The summed E-state index contributed by atoms with van der Waals surface area (Å²) in [7, 11) is 0. The zero-order valence-electron chi connectivity index (χ0n) is 22.0. The van der Waals surface area contributed by atoms with Crippen molar-refractivity contribution in [1.29, 1.82) is 0 Å². The number of terminal acetylenes is 1. The monoisotopic (exact) mass is 438 g/mol. The number of fused-ring (bicyclic) bond motifs is 7. The molecule has 5 aliphatic rings. The van der Waals surface area contributed by atoms with Crippen LogP contribution in [0.15, 0.2) is 12.7 Å². The Morgan fingerprint density at radius 1 is 0.812 bits per heavy atom. The molecular formula is C31H50O. The Balaban J connectivity index is 0.000000775. The fourth-order valence-electron chi connectivity index (χ4n) is 10.8. The van der Waals surface area contributed by atoms with Gasteiger partial charge in [-0.2, -0.15) is 0 Å². The molecule has 1 heteroatoms. The van der Waals surface area contributed by atoms with Gasteiger partial charge in [0.2, 0.25) is 0 Å². The van der Waals surface area contributed by atoms with Crippen molar-refractivity contribution in [1.82, 2.24) is 0 Å². The van der Waals surface area contributed by atoms with Crippen molar-refractivity contribution in [3.8, 4) is 12.3 Å². The molecular weight excluding hydrogens is 388 g/mol. The van der Waals surface area contributed by atoms with Gasteiger partial charge in [-0.15, -0.1) is 13.0 Å². The average Bonchev–Trinajstić information content (AvgIpc) is 3.17. The summed E-state index contributed by atoms with van der Waals surface area (Å²) in [5, 5.41) is 10.8. The molecule has 5 saturated carbocycles. The van der Waals surface area contributed by atoms with Crippen molar-refractivity contribution in [2.45, 2.75) is 118 Å². The van der Waals surface area contributed by atoms with E-state index in [1.165, 1.54) is 64.2 Å². The molecule has 180 valence electrons. The molecule has 0 aromatic carbocycles. The Hall–Kier alpha value is -0.740. The van der Waals surface area contributed by atoms with E-state index in [1.807, 2.05) is 6.92 Å². The molecule has 0 aliphatic heterocycles. The zero-order chi connectivity index (χ0) is 23.6. The van der Waals surface area contributed by atoms with Gasteiger partial charge in [0, 0.05) is 5.41 Å². The standard InChI is InChI=1S/C28H44O.C3H6/c1-7-28-14-8-9-20(28)19-10-11-22-25(4)15-13-23(29)24(2,3)21(25)12-16-27(22,6)26(19,5)17-18-28;1-3-2/h1,19-23,29H,8-18H2,2-6H3;3H,1H2,2H3/t19?,20?,21?,22?,23?,25?,26-,27?,28?;/m1./s1. The van der Waals surface area contributed by atoms with Gasteiger partial charge in [0.1, 0.15) is 0 Å². The topological polar surface area (TPSA) is 20.2 Å². The number of hydrogen-bond acceptors (Lipinski definition) is 1. The Morgan fingerprint density at radius 2 is 1.50 bits per heavy atom. The molecule has 8 unspecified atom stereocenters. The third kappa shape index (κ3) is 3.00. The molecule has 9 atom stereocenters. The molecule has 1 nitrogen and oxygen atoms in total. The largest absolute Gasteiger partial charge is 0.393 e. The molecule has 0 aromatic rings. The second-order valence-electron chi connectivity index (χ2n) is 13.8.